The average molecular weight is 186 g/mol. The fraction of sp³-hybridized carbons (Fsp3) is 0.429. The first-order chi connectivity index (χ1) is 6.07. The van der Waals surface area contributed by atoms with Crippen LogP contribution in [0.2, 0.25) is 0 Å². The van der Waals surface area contributed by atoms with Gasteiger partial charge in [0.15, 0.2) is 0 Å². The van der Waals surface area contributed by atoms with Crippen molar-refractivity contribution in [3.63, 3.8) is 0 Å². The molecule has 1 aromatic heterocycles. The van der Waals surface area contributed by atoms with Gasteiger partial charge >= 0.3 is 5.97 Å². The van der Waals surface area contributed by atoms with Gasteiger partial charge in [-0.2, -0.15) is 5.16 Å². The maximum absolute atomic E-state index is 11.1. The van der Waals surface area contributed by atoms with Crippen molar-refractivity contribution in [3.05, 3.63) is 21.7 Å². The Morgan fingerprint density at radius 1 is 1.69 bits per heavy atom. The number of methoxy groups -OCH3 is 1. The number of rotatable bonds is 2. The van der Waals surface area contributed by atoms with Crippen molar-refractivity contribution in [3.8, 4) is 0 Å². The number of aromatic nitrogens is 1. The Morgan fingerprint density at radius 3 is 2.69 bits per heavy atom. The summed E-state index contributed by atoms with van der Waals surface area (Å²) >= 11 is 0. The Hall–Kier alpha value is -1.56. The van der Waals surface area contributed by atoms with Crippen LogP contribution in [0.5, 0.6) is 0 Å². The molecule has 0 saturated heterocycles. The number of ether oxygens (including phenoxy) is 1. The molecule has 0 unspecified atom stereocenters. The zero-order chi connectivity index (χ0) is 10.0. The minimum Gasteiger partial charge on any atom is -0.468 e. The normalized spacial score (nSPS) is 12.5. The molecule has 0 aliphatic carbocycles. The standard InChI is InChI=1S/C7H10N2O4/c1-3-4(6(10)9-13-3)5(8)7(11)12-2/h5H,8H2,1-2H3,(H,9,10)/t5-/m0/s1. The van der Waals surface area contributed by atoms with E-state index in [1.54, 1.807) is 0 Å². The minimum absolute atomic E-state index is 0.104. The van der Waals surface area contributed by atoms with Crippen LogP contribution in [0.4, 0.5) is 0 Å². The van der Waals surface area contributed by atoms with E-state index in [9.17, 15) is 9.59 Å². The van der Waals surface area contributed by atoms with E-state index < -0.39 is 17.6 Å². The second-order valence-corrected chi connectivity index (χ2v) is 2.50. The number of H-pyrrole nitrogens is 1. The van der Waals surface area contributed by atoms with E-state index in [1.807, 2.05) is 0 Å². The molecule has 1 heterocycles. The van der Waals surface area contributed by atoms with Gasteiger partial charge in [-0.15, -0.1) is 0 Å². The maximum Gasteiger partial charge on any atom is 0.327 e. The number of nitrogens with two attached hydrogens (primary N) is 1. The largest absolute Gasteiger partial charge is 0.468 e. The quantitative estimate of drug-likeness (QED) is 0.604. The van der Waals surface area contributed by atoms with Crippen molar-refractivity contribution < 1.29 is 14.1 Å². The monoisotopic (exact) mass is 186 g/mol. The molecule has 1 rings (SSSR count). The van der Waals surface area contributed by atoms with E-state index in [1.165, 1.54) is 14.0 Å². The smallest absolute Gasteiger partial charge is 0.327 e. The van der Waals surface area contributed by atoms with Gasteiger partial charge in [0.25, 0.3) is 5.56 Å². The molecule has 0 aliphatic rings. The molecule has 6 nitrogen and oxygen atoms in total. The first-order valence-corrected chi connectivity index (χ1v) is 3.59. The van der Waals surface area contributed by atoms with Gasteiger partial charge in [-0.05, 0) is 6.92 Å². The molecule has 0 aliphatic heterocycles. The Labute approximate surface area is 73.6 Å². The molecule has 0 amide bonds. The molecule has 0 radical (unpaired) electrons. The van der Waals surface area contributed by atoms with Crippen LogP contribution in [-0.4, -0.2) is 18.2 Å². The van der Waals surface area contributed by atoms with Crippen molar-refractivity contribution in [1.29, 1.82) is 0 Å². The van der Waals surface area contributed by atoms with Gasteiger partial charge in [0.05, 0.1) is 12.7 Å². The van der Waals surface area contributed by atoms with E-state index in [0.717, 1.165) is 0 Å². The second-order valence-electron chi connectivity index (χ2n) is 2.50. The Kier molecular flexibility index (Phi) is 2.52. The predicted molar refractivity (Wildman–Crippen MR) is 43.0 cm³/mol. The minimum atomic E-state index is -1.09. The van der Waals surface area contributed by atoms with Crippen LogP contribution in [0, 0.1) is 6.92 Å². The molecule has 72 valence electrons. The molecule has 0 fully saturated rings. The van der Waals surface area contributed by atoms with Crippen LogP contribution in [0.1, 0.15) is 17.4 Å². The molecule has 0 aromatic carbocycles. The molecule has 0 spiro atoms. The van der Waals surface area contributed by atoms with Crippen LogP contribution in [-0.2, 0) is 9.53 Å². The van der Waals surface area contributed by atoms with Gasteiger partial charge in [-0.25, -0.2) is 4.79 Å². The number of esters is 1. The number of nitrogens with one attached hydrogen (secondary N) is 1. The number of hydrogen-bond acceptors (Lipinski definition) is 5. The van der Waals surface area contributed by atoms with E-state index in [4.69, 9.17) is 5.73 Å². The Bertz CT molecular complexity index is 365. The van der Waals surface area contributed by atoms with Crippen molar-refractivity contribution in [2.75, 3.05) is 7.11 Å². The number of aromatic amines is 1. The highest BCUT2D eigenvalue weighted by Gasteiger charge is 2.24. The highest BCUT2D eigenvalue weighted by molar-refractivity contribution is 5.77. The van der Waals surface area contributed by atoms with Gasteiger partial charge < -0.3 is 15.0 Å². The van der Waals surface area contributed by atoms with Crippen LogP contribution in [0.25, 0.3) is 0 Å². The first-order valence-electron chi connectivity index (χ1n) is 3.59. The third-order valence-electron chi connectivity index (χ3n) is 1.69. The zero-order valence-electron chi connectivity index (χ0n) is 7.29. The Balaban J connectivity index is 3.07. The number of carbonyl (C=O) groups is 1. The molecule has 3 N–H and O–H groups in total. The molecule has 1 atom stereocenters. The SMILES string of the molecule is COC(=O)[C@@H](N)c1c(C)o[nH]c1=O. The van der Waals surface area contributed by atoms with Crippen LogP contribution < -0.4 is 11.3 Å². The van der Waals surface area contributed by atoms with Gasteiger partial charge in [0.1, 0.15) is 11.8 Å². The summed E-state index contributed by atoms with van der Waals surface area (Å²) in [7, 11) is 1.20. The summed E-state index contributed by atoms with van der Waals surface area (Å²) in [5.41, 5.74) is 5.04. The van der Waals surface area contributed by atoms with Crippen LogP contribution >= 0.6 is 0 Å². The lowest BCUT2D eigenvalue weighted by molar-refractivity contribution is -0.142. The van der Waals surface area contributed by atoms with Crippen molar-refractivity contribution >= 4 is 5.97 Å². The summed E-state index contributed by atoms with van der Waals surface area (Å²) in [6.45, 7) is 1.54. The number of hydrogen-bond donors (Lipinski definition) is 2. The summed E-state index contributed by atoms with van der Waals surface area (Å²) in [5, 5.41) is 2.08. The summed E-state index contributed by atoms with van der Waals surface area (Å²) < 4.78 is 9.07. The van der Waals surface area contributed by atoms with Crippen molar-refractivity contribution in [2.24, 2.45) is 5.73 Å². The lowest BCUT2D eigenvalue weighted by Crippen LogP contribution is -2.27. The number of aryl methyl sites for hydroxylation is 1. The first kappa shape index (κ1) is 9.53. The number of carbonyl (C=O) groups excluding carboxylic acids is 1. The van der Waals surface area contributed by atoms with E-state index >= 15 is 0 Å². The summed E-state index contributed by atoms with van der Waals surface area (Å²) in [4.78, 5) is 22.0. The molecular formula is C7H10N2O4. The lowest BCUT2D eigenvalue weighted by Gasteiger charge is -2.05. The van der Waals surface area contributed by atoms with E-state index in [-0.39, 0.29) is 5.56 Å². The van der Waals surface area contributed by atoms with Gasteiger partial charge in [0, 0.05) is 0 Å². The fourth-order valence-corrected chi connectivity index (χ4v) is 0.998. The molecule has 1 aromatic rings. The van der Waals surface area contributed by atoms with Gasteiger partial charge in [0.2, 0.25) is 0 Å². The van der Waals surface area contributed by atoms with Gasteiger partial charge in [-0.3, -0.25) is 4.79 Å². The summed E-state index contributed by atoms with van der Waals surface area (Å²) in [6.07, 6.45) is 0. The molecule has 13 heavy (non-hydrogen) atoms. The van der Waals surface area contributed by atoms with Crippen molar-refractivity contribution in [1.82, 2.24) is 5.16 Å². The average Bonchev–Trinajstić information content (AvgIpc) is 2.44. The lowest BCUT2D eigenvalue weighted by atomic mass is 10.1. The molecule has 0 bridgehead atoms. The highest BCUT2D eigenvalue weighted by atomic mass is 16.5. The van der Waals surface area contributed by atoms with Gasteiger partial charge in [-0.1, -0.05) is 0 Å². The topological polar surface area (TPSA) is 98.3 Å². The summed E-state index contributed by atoms with van der Waals surface area (Å²) in [6, 6.07) is -1.09. The third kappa shape index (κ3) is 1.62. The fourth-order valence-electron chi connectivity index (χ4n) is 0.998. The van der Waals surface area contributed by atoms with E-state index in [2.05, 4.69) is 14.4 Å². The Morgan fingerprint density at radius 2 is 2.31 bits per heavy atom. The van der Waals surface area contributed by atoms with Crippen molar-refractivity contribution in [2.45, 2.75) is 13.0 Å². The molecule has 0 saturated carbocycles. The highest BCUT2D eigenvalue weighted by Crippen LogP contribution is 2.11. The second kappa shape index (κ2) is 3.44. The zero-order valence-corrected chi connectivity index (χ0v) is 7.29. The van der Waals surface area contributed by atoms with Crippen LogP contribution in [0.15, 0.2) is 9.32 Å². The molecule has 6 heteroatoms. The maximum atomic E-state index is 11.1. The predicted octanol–water partition coefficient (Wildman–Crippen LogP) is -0.551. The third-order valence-corrected chi connectivity index (χ3v) is 1.69. The van der Waals surface area contributed by atoms with E-state index in [0.29, 0.717) is 5.76 Å². The molecular weight excluding hydrogens is 176 g/mol. The van der Waals surface area contributed by atoms with Crippen LogP contribution in [0.3, 0.4) is 0 Å². The summed E-state index contributed by atoms with van der Waals surface area (Å²) in [5.74, 6) is -0.377.